The van der Waals surface area contributed by atoms with Crippen LogP contribution < -0.4 is 0 Å². The van der Waals surface area contributed by atoms with E-state index in [0.717, 1.165) is 11.0 Å². The molecule has 4 rings (SSSR count). The third kappa shape index (κ3) is 4.22. The van der Waals surface area contributed by atoms with Gasteiger partial charge in [-0.3, -0.25) is 19.3 Å². The van der Waals surface area contributed by atoms with Crippen LogP contribution in [0.2, 0.25) is 0 Å². The Morgan fingerprint density at radius 1 is 1.09 bits per heavy atom. The van der Waals surface area contributed by atoms with Crippen LogP contribution in [0, 0.1) is 18.6 Å². The van der Waals surface area contributed by atoms with Crippen LogP contribution in [0.25, 0.3) is 0 Å². The third-order valence-corrected chi connectivity index (χ3v) is 5.98. The highest BCUT2D eigenvalue weighted by molar-refractivity contribution is 6.07. The number of likely N-dealkylation sites (N-methyl/N-ethyl adjacent to an activating group) is 1. The second-order valence-corrected chi connectivity index (χ2v) is 8.42. The van der Waals surface area contributed by atoms with Crippen LogP contribution in [0.3, 0.4) is 0 Å². The second kappa shape index (κ2) is 8.38. The molecule has 0 bridgehead atoms. The fourth-order valence-electron chi connectivity index (χ4n) is 4.15. The van der Waals surface area contributed by atoms with Gasteiger partial charge in [0.25, 0.3) is 5.91 Å². The van der Waals surface area contributed by atoms with Crippen molar-refractivity contribution in [2.75, 3.05) is 19.6 Å². The zero-order valence-electron chi connectivity index (χ0n) is 18.5. The lowest BCUT2D eigenvalue weighted by atomic mass is 9.88. The smallest absolute Gasteiger partial charge is 0.255 e. The van der Waals surface area contributed by atoms with E-state index in [1.165, 1.54) is 17.0 Å². The number of oxime groups is 1. The van der Waals surface area contributed by atoms with E-state index in [1.54, 1.807) is 39.0 Å². The lowest BCUT2D eigenvalue weighted by Crippen LogP contribution is -2.55. The number of amides is 3. The number of piperazine rings is 1. The van der Waals surface area contributed by atoms with Crippen molar-refractivity contribution in [1.82, 2.24) is 9.80 Å². The number of hydrogen-bond acceptors (Lipinski definition) is 5. The van der Waals surface area contributed by atoms with Gasteiger partial charge >= 0.3 is 0 Å². The number of benzene rings is 2. The average Bonchev–Trinajstić information content (AvgIpc) is 3.16. The van der Waals surface area contributed by atoms with Crippen LogP contribution in [0.1, 0.15) is 47.3 Å². The maximum atomic E-state index is 13.7. The summed E-state index contributed by atoms with van der Waals surface area (Å²) in [6, 6.07) is 8.32. The van der Waals surface area contributed by atoms with E-state index >= 15 is 0 Å². The molecule has 0 aliphatic carbocycles. The summed E-state index contributed by atoms with van der Waals surface area (Å²) in [5, 5.41) is 4.12. The molecule has 9 heteroatoms. The Labute approximate surface area is 189 Å². The molecule has 0 N–H and O–H groups in total. The molecule has 0 radical (unpaired) electrons. The predicted molar refractivity (Wildman–Crippen MR) is 115 cm³/mol. The quantitative estimate of drug-likeness (QED) is 0.664. The lowest BCUT2D eigenvalue weighted by Gasteiger charge is -2.32. The number of aryl methyl sites for hydroxylation is 1. The number of nitrogens with zero attached hydrogens (tertiary/aromatic N) is 3. The maximum absolute atomic E-state index is 13.7. The second-order valence-electron chi connectivity index (χ2n) is 8.42. The molecule has 1 fully saturated rings. The van der Waals surface area contributed by atoms with Crippen molar-refractivity contribution < 1.29 is 28.0 Å². The zero-order valence-corrected chi connectivity index (χ0v) is 18.5. The summed E-state index contributed by atoms with van der Waals surface area (Å²) in [4.78, 5) is 45.2. The van der Waals surface area contributed by atoms with Crippen LogP contribution in [0.15, 0.2) is 41.6 Å². The minimum atomic E-state index is -1.03. The molecule has 1 saturated heterocycles. The van der Waals surface area contributed by atoms with Crippen molar-refractivity contribution >= 4 is 23.4 Å². The highest BCUT2D eigenvalue weighted by Gasteiger charge is 2.38. The minimum Gasteiger partial charge on any atom is -0.384 e. The largest absolute Gasteiger partial charge is 0.384 e. The van der Waals surface area contributed by atoms with Crippen molar-refractivity contribution in [2.45, 2.75) is 32.8 Å². The van der Waals surface area contributed by atoms with Gasteiger partial charge in [-0.1, -0.05) is 11.2 Å². The Bertz CT molecular complexity index is 1160. The molecule has 0 saturated carbocycles. The first-order valence-corrected chi connectivity index (χ1v) is 10.6. The van der Waals surface area contributed by atoms with E-state index in [-0.39, 0.29) is 26.1 Å². The topological polar surface area (TPSA) is 79.3 Å². The molecule has 2 aromatic carbocycles. The number of carbonyl (C=O) groups excluding carboxylic acids is 3. The molecule has 1 atom stereocenters. The van der Waals surface area contributed by atoms with Gasteiger partial charge < -0.3 is 9.74 Å². The van der Waals surface area contributed by atoms with E-state index in [4.69, 9.17) is 4.84 Å². The maximum Gasteiger partial charge on any atom is 0.255 e. The highest BCUT2D eigenvalue weighted by Crippen LogP contribution is 2.37. The fourth-order valence-corrected chi connectivity index (χ4v) is 4.15. The molecule has 2 aliphatic rings. The van der Waals surface area contributed by atoms with Gasteiger partial charge in [-0.05, 0) is 56.2 Å². The molecule has 7 nitrogen and oxygen atoms in total. The van der Waals surface area contributed by atoms with Gasteiger partial charge in [0.2, 0.25) is 11.8 Å². The molecule has 3 amide bonds. The summed E-state index contributed by atoms with van der Waals surface area (Å²) in [5.41, 5.74) is 1.60. The first-order chi connectivity index (χ1) is 15.6. The summed E-state index contributed by atoms with van der Waals surface area (Å²) < 4.78 is 27.3. The molecule has 0 spiro atoms. The summed E-state index contributed by atoms with van der Waals surface area (Å²) >= 11 is 0. The Morgan fingerprint density at radius 2 is 1.73 bits per heavy atom. The van der Waals surface area contributed by atoms with Gasteiger partial charge in [-0.15, -0.1) is 0 Å². The lowest BCUT2D eigenvalue weighted by molar-refractivity contribution is -0.149. The molecular formula is C24H23F2N3O4. The molecular weight excluding hydrogens is 432 g/mol. The third-order valence-electron chi connectivity index (χ3n) is 5.98. The number of hydrogen-bond donors (Lipinski definition) is 0. The summed E-state index contributed by atoms with van der Waals surface area (Å²) in [5.74, 6) is -2.59. The van der Waals surface area contributed by atoms with Crippen LogP contribution in [-0.2, 0) is 20.0 Å². The Kier molecular flexibility index (Phi) is 5.73. The summed E-state index contributed by atoms with van der Waals surface area (Å²) in [6.45, 7) is 5.14. The number of imide groups is 1. The van der Waals surface area contributed by atoms with Crippen LogP contribution >= 0.6 is 0 Å². The van der Waals surface area contributed by atoms with E-state index < -0.39 is 35.0 Å². The standard InChI is InChI=1S/C24H23F2N3O4/c1-4-29-21(30)12-28(13-22(29)31)23(32)19-6-5-15(7-14(19)2)20-11-24(3,33-27-20)16-8-17(25)10-18(26)9-16/h5-10H,4,11-13H2,1-3H3. The van der Waals surface area contributed by atoms with Gasteiger partial charge in [-0.2, -0.15) is 0 Å². The molecule has 2 aliphatic heterocycles. The van der Waals surface area contributed by atoms with E-state index in [1.807, 2.05) is 0 Å². The predicted octanol–water partition coefficient (Wildman–Crippen LogP) is 3.14. The molecule has 0 aromatic heterocycles. The Hall–Kier alpha value is -3.62. The van der Waals surface area contributed by atoms with Crippen molar-refractivity contribution in [1.29, 1.82) is 0 Å². The Balaban J connectivity index is 1.52. The van der Waals surface area contributed by atoms with Gasteiger partial charge in [0.1, 0.15) is 24.7 Å². The van der Waals surface area contributed by atoms with Crippen molar-refractivity contribution in [3.63, 3.8) is 0 Å². The van der Waals surface area contributed by atoms with Crippen LogP contribution in [0.5, 0.6) is 0 Å². The van der Waals surface area contributed by atoms with Gasteiger partial charge in [0, 0.05) is 30.2 Å². The zero-order chi connectivity index (χ0) is 23.9. The number of rotatable bonds is 4. The van der Waals surface area contributed by atoms with Crippen LogP contribution in [-0.4, -0.2) is 52.9 Å². The van der Waals surface area contributed by atoms with Crippen LogP contribution in [0.4, 0.5) is 8.78 Å². The van der Waals surface area contributed by atoms with Gasteiger partial charge in [-0.25, -0.2) is 8.78 Å². The van der Waals surface area contributed by atoms with Gasteiger partial charge in [0.15, 0.2) is 5.60 Å². The van der Waals surface area contributed by atoms with E-state index in [2.05, 4.69) is 5.16 Å². The molecule has 172 valence electrons. The molecule has 2 aromatic rings. The number of halogens is 2. The summed E-state index contributed by atoms with van der Waals surface area (Å²) in [7, 11) is 0. The first kappa shape index (κ1) is 22.6. The van der Waals surface area contributed by atoms with Gasteiger partial charge in [0.05, 0.1) is 5.71 Å². The summed E-state index contributed by atoms with van der Waals surface area (Å²) in [6.07, 6.45) is 0.282. The fraction of sp³-hybridized carbons (Fsp3) is 0.333. The number of carbonyl (C=O) groups is 3. The monoisotopic (exact) mass is 455 g/mol. The van der Waals surface area contributed by atoms with Crippen molar-refractivity contribution in [3.8, 4) is 0 Å². The van der Waals surface area contributed by atoms with E-state index in [0.29, 0.717) is 28.0 Å². The van der Waals surface area contributed by atoms with E-state index in [9.17, 15) is 23.2 Å². The average molecular weight is 455 g/mol. The minimum absolute atomic E-state index is 0.150. The first-order valence-electron chi connectivity index (χ1n) is 10.6. The van der Waals surface area contributed by atoms with Crippen molar-refractivity contribution in [2.24, 2.45) is 5.16 Å². The Morgan fingerprint density at radius 3 is 2.30 bits per heavy atom. The normalized spacial score (nSPS) is 20.7. The molecule has 33 heavy (non-hydrogen) atoms. The SMILES string of the molecule is CCN1C(=O)CN(C(=O)c2ccc(C3=NOC(C)(c4cc(F)cc(F)c4)C3)cc2C)CC1=O. The molecule has 2 heterocycles. The highest BCUT2D eigenvalue weighted by atomic mass is 19.1. The molecule has 1 unspecified atom stereocenters. The van der Waals surface area contributed by atoms with Crippen molar-refractivity contribution in [3.05, 3.63) is 70.3 Å².